The summed E-state index contributed by atoms with van der Waals surface area (Å²) >= 11 is 6.07. The van der Waals surface area contributed by atoms with E-state index in [0.29, 0.717) is 11.6 Å². The molecule has 1 fully saturated rings. The van der Waals surface area contributed by atoms with E-state index in [1.165, 1.54) is 0 Å². The van der Waals surface area contributed by atoms with E-state index in [-0.39, 0.29) is 18.2 Å². The lowest BCUT2D eigenvalue weighted by molar-refractivity contribution is 0.129. The molecule has 6 heteroatoms. The molecule has 1 amide bonds. The summed E-state index contributed by atoms with van der Waals surface area (Å²) in [6, 6.07) is 13.4. The van der Waals surface area contributed by atoms with E-state index in [4.69, 9.17) is 21.1 Å². The summed E-state index contributed by atoms with van der Waals surface area (Å²) in [6.45, 7) is 2.56. The predicted molar refractivity (Wildman–Crippen MR) is 105 cm³/mol. The Bertz CT molecular complexity index is 984. The van der Waals surface area contributed by atoms with Crippen LogP contribution in [0.3, 0.4) is 0 Å². The number of carbonyl (C=O) groups excluding carboxylic acids is 1. The summed E-state index contributed by atoms with van der Waals surface area (Å²) in [5.74, 6) is 0.813. The highest BCUT2D eigenvalue weighted by atomic mass is 35.5. The Kier molecular flexibility index (Phi) is 4.70. The smallest absolute Gasteiger partial charge is 0.410 e. The van der Waals surface area contributed by atoms with Crippen LogP contribution in [0.2, 0.25) is 5.02 Å². The Hall–Kier alpha value is -2.66. The zero-order valence-corrected chi connectivity index (χ0v) is 16.0. The number of aromatic amines is 1. The number of para-hydroxylation sites is 1. The van der Waals surface area contributed by atoms with Crippen LogP contribution in [0.25, 0.3) is 10.9 Å². The van der Waals surface area contributed by atoms with E-state index < -0.39 is 0 Å². The Labute approximate surface area is 162 Å². The van der Waals surface area contributed by atoms with Crippen LogP contribution in [0.5, 0.6) is 5.75 Å². The summed E-state index contributed by atoms with van der Waals surface area (Å²) in [4.78, 5) is 17.5. The second kappa shape index (κ2) is 7.16. The van der Waals surface area contributed by atoms with Crippen LogP contribution in [-0.2, 0) is 11.2 Å². The standard InChI is InChI=1S/C21H21ClN2O3/c1-13(9-15-11-23-20-17(15)7-4-8-18(20)26-2)24-12-19(27-21(24)25)14-5-3-6-16(22)10-14/h3-8,10-11,13,19,23H,9,12H2,1-2H3/t13-,19+/m1/s1. The number of benzene rings is 2. The number of halogens is 1. The summed E-state index contributed by atoms with van der Waals surface area (Å²) in [6.07, 6.45) is 2.14. The van der Waals surface area contributed by atoms with Gasteiger partial charge in [-0.2, -0.15) is 0 Å². The lowest BCUT2D eigenvalue weighted by Crippen LogP contribution is -2.35. The van der Waals surface area contributed by atoms with Crippen molar-refractivity contribution in [3.63, 3.8) is 0 Å². The minimum absolute atomic E-state index is 0.00638. The number of cyclic esters (lactones) is 1. The fourth-order valence-electron chi connectivity index (χ4n) is 3.67. The molecule has 3 aromatic rings. The summed E-state index contributed by atoms with van der Waals surface area (Å²) in [5.41, 5.74) is 3.04. The number of H-pyrrole nitrogens is 1. The van der Waals surface area contributed by atoms with Gasteiger partial charge in [-0.1, -0.05) is 35.9 Å². The van der Waals surface area contributed by atoms with E-state index in [1.54, 1.807) is 12.0 Å². The van der Waals surface area contributed by atoms with Crippen molar-refractivity contribution in [1.82, 2.24) is 9.88 Å². The minimum atomic E-state index is -0.290. The average molecular weight is 385 g/mol. The second-order valence-corrected chi connectivity index (χ2v) is 7.27. The van der Waals surface area contributed by atoms with Gasteiger partial charge in [0.15, 0.2) is 0 Å². The molecule has 1 aliphatic heterocycles. The Morgan fingerprint density at radius 3 is 2.93 bits per heavy atom. The van der Waals surface area contributed by atoms with E-state index >= 15 is 0 Å². The molecule has 0 spiro atoms. The molecule has 1 aliphatic rings. The molecule has 0 aliphatic carbocycles. The van der Waals surface area contributed by atoms with Gasteiger partial charge in [-0.25, -0.2) is 4.79 Å². The number of aromatic nitrogens is 1. The van der Waals surface area contributed by atoms with Gasteiger partial charge in [0.25, 0.3) is 0 Å². The van der Waals surface area contributed by atoms with Crippen molar-refractivity contribution in [2.45, 2.75) is 25.5 Å². The van der Waals surface area contributed by atoms with Crippen LogP contribution in [0.4, 0.5) is 4.79 Å². The molecule has 1 aromatic heterocycles. The van der Waals surface area contributed by atoms with Gasteiger partial charge in [-0.05, 0) is 42.7 Å². The molecule has 2 aromatic carbocycles. The maximum atomic E-state index is 12.4. The van der Waals surface area contributed by atoms with Gasteiger partial charge in [-0.15, -0.1) is 0 Å². The molecule has 5 nitrogen and oxygen atoms in total. The number of fused-ring (bicyclic) bond motifs is 1. The average Bonchev–Trinajstić information content (AvgIpc) is 3.25. The van der Waals surface area contributed by atoms with Gasteiger partial charge in [0, 0.05) is 22.6 Å². The molecule has 0 saturated carbocycles. The molecule has 2 heterocycles. The third-order valence-corrected chi connectivity index (χ3v) is 5.33. The van der Waals surface area contributed by atoms with Gasteiger partial charge in [0.2, 0.25) is 0 Å². The second-order valence-electron chi connectivity index (χ2n) is 6.83. The molecular weight excluding hydrogens is 364 g/mol. The molecule has 0 radical (unpaired) electrons. The monoisotopic (exact) mass is 384 g/mol. The molecule has 140 valence electrons. The predicted octanol–water partition coefficient (Wildman–Crippen LogP) is 4.95. The van der Waals surface area contributed by atoms with Crippen molar-refractivity contribution in [2.75, 3.05) is 13.7 Å². The largest absolute Gasteiger partial charge is 0.495 e. The van der Waals surface area contributed by atoms with Crippen molar-refractivity contribution in [2.24, 2.45) is 0 Å². The Morgan fingerprint density at radius 2 is 2.15 bits per heavy atom. The quantitative estimate of drug-likeness (QED) is 0.676. The first kappa shape index (κ1) is 17.7. The van der Waals surface area contributed by atoms with E-state index in [0.717, 1.165) is 34.2 Å². The molecule has 1 N–H and O–H groups in total. The molecule has 0 bridgehead atoms. The molecular formula is C21H21ClN2O3. The van der Waals surface area contributed by atoms with Crippen LogP contribution in [0, 0.1) is 0 Å². The summed E-state index contributed by atoms with van der Waals surface area (Å²) < 4.78 is 11.0. The fraction of sp³-hybridized carbons (Fsp3) is 0.286. The van der Waals surface area contributed by atoms with E-state index in [1.807, 2.05) is 49.5 Å². The van der Waals surface area contributed by atoms with E-state index in [9.17, 15) is 4.79 Å². The molecule has 2 atom stereocenters. The van der Waals surface area contributed by atoms with Gasteiger partial charge in [0.05, 0.1) is 19.2 Å². The molecule has 0 unspecified atom stereocenters. The first-order chi connectivity index (χ1) is 13.1. The Morgan fingerprint density at radius 1 is 1.33 bits per heavy atom. The lowest BCUT2D eigenvalue weighted by Gasteiger charge is -2.21. The van der Waals surface area contributed by atoms with E-state index in [2.05, 4.69) is 11.1 Å². The fourth-order valence-corrected chi connectivity index (χ4v) is 3.87. The number of hydrogen-bond donors (Lipinski definition) is 1. The first-order valence-electron chi connectivity index (χ1n) is 8.92. The van der Waals surface area contributed by atoms with Gasteiger partial charge < -0.3 is 19.4 Å². The zero-order chi connectivity index (χ0) is 19.0. The maximum absolute atomic E-state index is 12.4. The number of methoxy groups -OCH3 is 1. The van der Waals surface area contributed by atoms with Crippen LogP contribution in [0.1, 0.15) is 24.2 Å². The molecule has 1 saturated heterocycles. The number of ether oxygens (including phenoxy) is 2. The summed E-state index contributed by atoms with van der Waals surface area (Å²) in [5, 5.41) is 1.75. The normalized spacial score (nSPS) is 18.0. The highest BCUT2D eigenvalue weighted by Crippen LogP contribution is 2.32. The summed E-state index contributed by atoms with van der Waals surface area (Å²) in [7, 11) is 1.66. The number of nitrogens with zero attached hydrogens (tertiary/aromatic N) is 1. The number of rotatable bonds is 5. The van der Waals surface area contributed by atoms with Gasteiger partial charge >= 0.3 is 6.09 Å². The van der Waals surface area contributed by atoms with Crippen molar-refractivity contribution in [3.8, 4) is 5.75 Å². The van der Waals surface area contributed by atoms with Crippen molar-refractivity contribution < 1.29 is 14.3 Å². The third-order valence-electron chi connectivity index (χ3n) is 5.09. The number of carbonyl (C=O) groups is 1. The highest BCUT2D eigenvalue weighted by Gasteiger charge is 2.35. The maximum Gasteiger partial charge on any atom is 0.410 e. The number of hydrogen-bond acceptors (Lipinski definition) is 3. The SMILES string of the molecule is COc1cccc2c(C[C@@H](C)N3C[C@@H](c4cccc(Cl)c4)OC3=O)c[nH]c12. The van der Waals surface area contributed by atoms with Gasteiger partial charge in [0.1, 0.15) is 11.9 Å². The Balaban J connectivity index is 1.52. The van der Waals surface area contributed by atoms with Crippen LogP contribution in [-0.4, -0.2) is 35.7 Å². The van der Waals surface area contributed by atoms with Gasteiger partial charge in [-0.3, -0.25) is 0 Å². The molecule has 27 heavy (non-hydrogen) atoms. The molecule has 4 rings (SSSR count). The van der Waals surface area contributed by atoms with Crippen molar-refractivity contribution >= 4 is 28.6 Å². The van der Waals surface area contributed by atoms with Crippen LogP contribution >= 0.6 is 11.6 Å². The third kappa shape index (κ3) is 3.35. The van der Waals surface area contributed by atoms with Crippen LogP contribution < -0.4 is 4.74 Å². The number of nitrogens with one attached hydrogen (secondary N) is 1. The topological polar surface area (TPSA) is 54.6 Å². The number of amides is 1. The minimum Gasteiger partial charge on any atom is -0.495 e. The lowest BCUT2D eigenvalue weighted by atomic mass is 10.0. The highest BCUT2D eigenvalue weighted by molar-refractivity contribution is 6.30. The first-order valence-corrected chi connectivity index (χ1v) is 9.30. The van der Waals surface area contributed by atoms with Crippen LogP contribution in [0.15, 0.2) is 48.7 Å². The zero-order valence-electron chi connectivity index (χ0n) is 15.2. The van der Waals surface area contributed by atoms with Crippen molar-refractivity contribution in [3.05, 3.63) is 64.8 Å². The van der Waals surface area contributed by atoms with Crippen molar-refractivity contribution in [1.29, 1.82) is 0 Å².